The Bertz CT molecular complexity index is 1040. The maximum Gasteiger partial charge on any atom is 0.344 e. The Labute approximate surface area is 193 Å². The summed E-state index contributed by atoms with van der Waals surface area (Å²) in [6.07, 6.45) is 5.40. The van der Waals surface area contributed by atoms with Crippen molar-refractivity contribution in [2.45, 2.75) is 26.3 Å². The molecule has 8 nitrogen and oxygen atoms in total. The fourth-order valence-corrected chi connectivity index (χ4v) is 5.41. The van der Waals surface area contributed by atoms with Crippen molar-refractivity contribution in [3.63, 3.8) is 0 Å². The number of halogens is 1. The summed E-state index contributed by atoms with van der Waals surface area (Å²) in [6.45, 7) is 7.43. The number of benzene rings is 1. The molecule has 0 saturated carbocycles. The number of hydrogen-bond donors (Lipinski definition) is 0. The molecule has 3 saturated heterocycles. The summed E-state index contributed by atoms with van der Waals surface area (Å²) in [5, 5.41) is 4.16. The van der Waals surface area contributed by atoms with E-state index in [4.69, 9.17) is 0 Å². The van der Waals surface area contributed by atoms with Crippen LogP contribution < -0.4 is 9.80 Å². The van der Waals surface area contributed by atoms with E-state index in [0.29, 0.717) is 30.6 Å². The third-order valence-corrected chi connectivity index (χ3v) is 7.32. The molecule has 2 amide bonds. The summed E-state index contributed by atoms with van der Waals surface area (Å²) in [7, 11) is 1.66. The molecule has 0 radical (unpaired) electrons. The Morgan fingerprint density at radius 1 is 1.12 bits per heavy atom. The van der Waals surface area contributed by atoms with Crippen LogP contribution in [-0.2, 0) is 11.3 Å². The molecular formula is C24H31FN6O2. The molecular weight excluding hydrogens is 423 g/mol. The Morgan fingerprint density at radius 3 is 2.48 bits per heavy atom. The number of likely N-dealkylation sites (tertiary alicyclic amines) is 2. The van der Waals surface area contributed by atoms with Crippen LogP contribution in [0.5, 0.6) is 0 Å². The third kappa shape index (κ3) is 4.34. The molecule has 0 bridgehead atoms. The number of aromatic nitrogens is 2. The van der Waals surface area contributed by atoms with Gasteiger partial charge in [0, 0.05) is 59.8 Å². The van der Waals surface area contributed by atoms with Gasteiger partial charge in [0.05, 0.1) is 23.8 Å². The van der Waals surface area contributed by atoms with E-state index in [9.17, 15) is 14.0 Å². The predicted octanol–water partition coefficient (Wildman–Crippen LogP) is 2.64. The minimum Gasteiger partial charge on any atom is -0.369 e. The lowest BCUT2D eigenvalue weighted by Crippen LogP contribution is -2.36. The van der Waals surface area contributed by atoms with E-state index in [1.54, 1.807) is 19.3 Å². The molecule has 9 heteroatoms. The van der Waals surface area contributed by atoms with Gasteiger partial charge in [-0.2, -0.15) is 9.78 Å². The van der Waals surface area contributed by atoms with Gasteiger partial charge in [-0.15, -0.1) is 0 Å². The fourth-order valence-electron chi connectivity index (χ4n) is 5.41. The minimum absolute atomic E-state index is 0.105. The van der Waals surface area contributed by atoms with Crippen molar-refractivity contribution >= 4 is 23.3 Å². The van der Waals surface area contributed by atoms with Crippen LogP contribution in [0.1, 0.15) is 25.3 Å². The second-order valence-electron chi connectivity index (χ2n) is 9.60. The molecule has 0 N–H and O–H groups in total. The van der Waals surface area contributed by atoms with E-state index >= 15 is 0 Å². The molecule has 4 heterocycles. The molecule has 3 fully saturated rings. The largest absolute Gasteiger partial charge is 0.369 e. The van der Waals surface area contributed by atoms with Gasteiger partial charge < -0.3 is 14.7 Å². The molecule has 3 aliphatic rings. The van der Waals surface area contributed by atoms with Gasteiger partial charge in [-0.3, -0.25) is 9.69 Å². The van der Waals surface area contributed by atoms with Gasteiger partial charge in [0.25, 0.3) is 0 Å². The maximum atomic E-state index is 14.3. The molecule has 0 spiro atoms. The van der Waals surface area contributed by atoms with Crippen LogP contribution >= 0.6 is 0 Å². The van der Waals surface area contributed by atoms with Crippen LogP contribution in [0.2, 0.25) is 0 Å². The molecule has 1 aromatic carbocycles. The van der Waals surface area contributed by atoms with E-state index in [-0.39, 0.29) is 17.8 Å². The number of carbonyl (C=O) groups excluding carboxylic acids is 2. The van der Waals surface area contributed by atoms with Gasteiger partial charge in [0.1, 0.15) is 5.82 Å². The molecule has 2 aromatic rings. The van der Waals surface area contributed by atoms with Gasteiger partial charge >= 0.3 is 6.03 Å². The van der Waals surface area contributed by atoms with E-state index in [1.807, 2.05) is 17.0 Å². The van der Waals surface area contributed by atoms with Crippen LogP contribution in [-0.4, -0.2) is 77.8 Å². The lowest BCUT2D eigenvalue weighted by Gasteiger charge is -2.23. The molecule has 3 aliphatic heterocycles. The SMILES string of the molecule is CC(=O)N(C)c1cnn(C(=O)N2CC3CN(Cc4ccc(F)c(N5CCCC5)c4)CC3C2)c1. The first-order valence-corrected chi connectivity index (χ1v) is 11.7. The number of amides is 2. The summed E-state index contributed by atoms with van der Waals surface area (Å²) in [6, 6.07) is 5.36. The molecule has 1 aromatic heterocycles. The van der Waals surface area contributed by atoms with Crippen LogP contribution in [0.15, 0.2) is 30.6 Å². The fraction of sp³-hybridized carbons (Fsp3) is 0.542. The van der Waals surface area contributed by atoms with Gasteiger partial charge in [-0.1, -0.05) is 6.07 Å². The highest BCUT2D eigenvalue weighted by atomic mass is 19.1. The second-order valence-corrected chi connectivity index (χ2v) is 9.60. The van der Waals surface area contributed by atoms with Crippen molar-refractivity contribution in [2.24, 2.45) is 11.8 Å². The molecule has 33 heavy (non-hydrogen) atoms. The normalized spacial score (nSPS) is 22.8. The van der Waals surface area contributed by atoms with Crippen molar-refractivity contribution < 1.29 is 14.0 Å². The zero-order chi connectivity index (χ0) is 23.1. The van der Waals surface area contributed by atoms with Crippen molar-refractivity contribution in [2.75, 3.05) is 56.1 Å². The van der Waals surface area contributed by atoms with Crippen LogP contribution in [0, 0.1) is 17.7 Å². The number of anilines is 2. The highest BCUT2D eigenvalue weighted by molar-refractivity contribution is 5.91. The van der Waals surface area contributed by atoms with Crippen molar-refractivity contribution in [3.8, 4) is 0 Å². The number of carbonyl (C=O) groups is 2. The Hall–Kier alpha value is -2.94. The second kappa shape index (κ2) is 8.78. The number of nitrogens with zero attached hydrogens (tertiary/aromatic N) is 6. The maximum absolute atomic E-state index is 14.3. The predicted molar refractivity (Wildman–Crippen MR) is 124 cm³/mol. The molecule has 0 aliphatic carbocycles. The highest BCUT2D eigenvalue weighted by Crippen LogP contribution is 2.33. The Kier molecular flexibility index (Phi) is 5.82. The number of rotatable bonds is 4. The summed E-state index contributed by atoms with van der Waals surface area (Å²) < 4.78 is 15.7. The smallest absolute Gasteiger partial charge is 0.344 e. The third-order valence-electron chi connectivity index (χ3n) is 7.32. The van der Waals surface area contributed by atoms with E-state index in [2.05, 4.69) is 14.9 Å². The standard InChI is InChI=1S/C24H31FN6O2/c1-17(32)27(2)21-10-26-31(16-21)24(33)30-14-19-12-28(13-20(19)15-30)11-18-5-6-22(25)23(9-18)29-7-3-4-8-29/h5-6,9-10,16,19-20H,3-4,7-8,11-15H2,1-2H3. The van der Waals surface area contributed by atoms with Crippen molar-refractivity contribution in [1.29, 1.82) is 0 Å². The van der Waals surface area contributed by atoms with Crippen LogP contribution in [0.4, 0.5) is 20.6 Å². The molecule has 5 rings (SSSR count). The first-order chi connectivity index (χ1) is 15.9. The monoisotopic (exact) mass is 454 g/mol. The lowest BCUT2D eigenvalue weighted by atomic mass is 10.0. The summed E-state index contributed by atoms with van der Waals surface area (Å²) in [5.41, 5.74) is 2.48. The number of hydrogen-bond acceptors (Lipinski definition) is 5. The molecule has 2 unspecified atom stereocenters. The highest BCUT2D eigenvalue weighted by Gasteiger charge is 2.42. The van der Waals surface area contributed by atoms with Gasteiger partial charge in [0.15, 0.2) is 0 Å². The average Bonchev–Trinajstić information content (AvgIpc) is 3.57. The van der Waals surface area contributed by atoms with Crippen molar-refractivity contribution in [1.82, 2.24) is 19.6 Å². The van der Waals surface area contributed by atoms with Crippen LogP contribution in [0.25, 0.3) is 0 Å². The molecule has 176 valence electrons. The van der Waals surface area contributed by atoms with E-state index in [1.165, 1.54) is 22.7 Å². The van der Waals surface area contributed by atoms with Gasteiger partial charge in [-0.05, 0) is 42.4 Å². The minimum atomic E-state index is -0.145. The van der Waals surface area contributed by atoms with Crippen molar-refractivity contribution in [3.05, 3.63) is 42.0 Å². The van der Waals surface area contributed by atoms with E-state index < -0.39 is 0 Å². The first kappa shape index (κ1) is 21.9. The van der Waals surface area contributed by atoms with Crippen LogP contribution in [0.3, 0.4) is 0 Å². The summed E-state index contributed by atoms with van der Waals surface area (Å²) >= 11 is 0. The number of fused-ring (bicyclic) bond motifs is 1. The Morgan fingerprint density at radius 2 is 1.82 bits per heavy atom. The van der Waals surface area contributed by atoms with E-state index in [0.717, 1.165) is 56.8 Å². The average molecular weight is 455 g/mol. The topological polar surface area (TPSA) is 64.9 Å². The molecule has 2 atom stereocenters. The zero-order valence-corrected chi connectivity index (χ0v) is 19.3. The lowest BCUT2D eigenvalue weighted by molar-refractivity contribution is -0.116. The summed E-state index contributed by atoms with van der Waals surface area (Å²) in [4.78, 5) is 32.4. The quantitative estimate of drug-likeness (QED) is 0.711. The summed E-state index contributed by atoms with van der Waals surface area (Å²) in [5.74, 6) is 0.626. The zero-order valence-electron chi connectivity index (χ0n) is 19.3. The van der Waals surface area contributed by atoms with Gasteiger partial charge in [-0.25, -0.2) is 9.18 Å². The Balaban J connectivity index is 1.18. The van der Waals surface area contributed by atoms with Gasteiger partial charge in [0.2, 0.25) is 5.91 Å². The first-order valence-electron chi connectivity index (χ1n) is 11.7.